The third-order valence-corrected chi connectivity index (χ3v) is 4.23. The van der Waals surface area contributed by atoms with E-state index in [0.717, 1.165) is 18.1 Å². The van der Waals surface area contributed by atoms with Gasteiger partial charge >= 0.3 is 0 Å². The normalized spacial score (nSPS) is 12.1. The van der Waals surface area contributed by atoms with Gasteiger partial charge in [0, 0.05) is 39.0 Å². The van der Waals surface area contributed by atoms with Crippen molar-refractivity contribution in [2.75, 3.05) is 33.9 Å². The van der Waals surface area contributed by atoms with Gasteiger partial charge in [-0.3, -0.25) is 4.99 Å². The monoisotopic (exact) mass is 498 g/mol. The third kappa shape index (κ3) is 8.02. The fraction of sp³-hybridized carbons (Fsp3) is 0.429. The van der Waals surface area contributed by atoms with Gasteiger partial charge in [-0.25, -0.2) is 4.98 Å². The van der Waals surface area contributed by atoms with E-state index in [4.69, 9.17) is 9.47 Å². The maximum atomic E-state index is 5.67. The van der Waals surface area contributed by atoms with Gasteiger partial charge in [0.15, 0.2) is 5.96 Å². The fourth-order valence-corrected chi connectivity index (χ4v) is 2.65. The molecule has 1 heterocycles. The molecule has 1 atom stereocenters. The van der Waals surface area contributed by atoms with Crippen LogP contribution in [0.2, 0.25) is 0 Å². The van der Waals surface area contributed by atoms with Gasteiger partial charge in [-0.05, 0) is 24.5 Å². The molecule has 1 aromatic carbocycles. The number of nitrogens with one attached hydrogen (secondary N) is 2. The molecule has 0 aliphatic carbocycles. The number of halogens is 1. The Bertz CT molecular complexity index is 740. The van der Waals surface area contributed by atoms with E-state index in [-0.39, 0.29) is 24.0 Å². The number of aliphatic imine (C=N–C) groups is 1. The average molecular weight is 498 g/mol. The largest absolute Gasteiger partial charge is 0.475 e. The highest BCUT2D eigenvalue weighted by atomic mass is 127. The topological polar surface area (TPSA) is 67.8 Å². The molecule has 0 spiro atoms. The van der Waals surface area contributed by atoms with Crippen LogP contribution in [0, 0.1) is 6.92 Å². The molecule has 7 heteroatoms. The number of pyridine rings is 1. The third-order valence-electron chi connectivity index (χ3n) is 4.23. The van der Waals surface area contributed by atoms with Crippen LogP contribution in [0.1, 0.15) is 29.5 Å². The summed E-state index contributed by atoms with van der Waals surface area (Å²) in [5.41, 5.74) is 3.57. The van der Waals surface area contributed by atoms with Crippen LogP contribution < -0.4 is 15.4 Å². The summed E-state index contributed by atoms with van der Waals surface area (Å²) in [6.07, 6.45) is 1.72. The van der Waals surface area contributed by atoms with Gasteiger partial charge in [-0.1, -0.05) is 42.8 Å². The van der Waals surface area contributed by atoms with Gasteiger partial charge in [-0.15, -0.1) is 24.0 Å². The van der Waals surface area contributed by atoms with Gasteiger partial charge in [0.2, 0.25) is 5.88 Å². The van der Waals surface area contributed by atoms with Crippen molar-refractivity contribution in [3.8, 4) is 5.88 Å². The predicted octanol–water partition coefficient (Wildman–Crippen LogP) is 3.50. The molecular weight excluding hydrogens is 467 g/mol. The van der Waals surface area contributed by atoms with Gasteiger partial charge in [-0.2, -0.15) is 0 Å². The molecule has 2 aromatic rings. The molecule has 0 bridgehead atoms. The van der Waals surface area contributed by atoms with Crippen molar-refractivity contribution in [1.82, 2.24) is 15.6 Å². The highest BCUT2D eigenvalue weighted by Crippen LogP contribution is 2.16. The van der Waals surface area contributed by atoms with E-state index in [1.165, 1.54) is 11.1 Å². The molecule has 28 heavy (non-hydrogen) atoms. The lowest BCUT2D eigenvalue weighted by molar-refractivity contribution is 0.143. The van der Waals surface area contributed by atoms with Gasteiger partial charge in [0.05, 0.1) is 6.61 Å². The van der Waals surface area contributed by atoms with Crippen LogP contribution in [0.4, 0.5) is 0 Å². The van der Waals surface area contributed by atoms with E-state index in [0.29, 0.717) is 31.6 Å². The Kier molecular flexibility index (Phi) is 11.5. The lowest BCUT2D eigenvalue weighted by atomic mass is 9.99. The SMILES string of the molecule is CN=C(NCc1cccnc1OCCOC)NCC(C)c1cccc(C)c1.I. The molecule has 0 saturated carbocycles. The molecule has 0 saturated heterocycles. The number of ether oxygens (including phenoxy) is 2. The second-order valence-corrected chi connectivity index (χ2v) is 6.43. The van der Waals surface area contributed by atoms with E-state index in [2.05, 4.69) is 58.7 Å². The fourth-order valence-electron chi connectivity index (χ4n) is 2.65. The number of benzene rings is 1. The molecule has 1 aromatic heterocycles. The Morgan fingerprint density at radius 3 is 2.71 bits per heavy atom. The molecule has 6 nitrogen and oxygen atoms in total. The van der Waals surface area contributed by atoms with Crippen LogP contribution in [0.15, 0.2) is 47.6 Å². The van der Waals surface area contributed by atoms with Crippen molar-refractivity contribution in [3.63, 3.8) is 0 Å². The van der Waals surface area contributed by atoms with Crippen LogP contribution >= 0.6 is 24.0 Å². The maximum Gasteiger partial charge on any atom is 0.218 e. The first-order chi connectivity index (χ1) is 13.1. The lowest BCUT2D eigenvalue weighted by Crippen LogP contribution is -2.38. The molecule has 0 amide bonds. The summed E-state index contributed by atoms with van der Waals surface area (Å²) in [7, 11) is 3.42. The second kappa shape index (κ2) is 13.3. The molecular formula is C21H31IN4O2. The van der Waals surface area contributed by atoms with Crippen molar-refractivity contribution in [2.24, 2.45) is 4.99 Å². The minimum atomic E-state index is 0. The summed E-state index contributed by atoms with van der Waals surface area (Å²) in [5, 5.41) is 6.71. The molecule has 154 valence electrons. The molecule has 0 aliphatic heterocycles. The summed E-state index contributed by atoms with van der Waals surface area (Å²) in [5.74, 6) is 1.75. The van der Waals surface area contributed by atoms with Crippen molar-refractivity contribution >= 4 is 29.9 Å². The van der Waals surface area contributed by atoms with Crippen molar-refractivity contribution < 1.29 is 9.47 Å². The summed E-state index contributed by atoms with van der Waals surface area (Å²) in [6, 6.07) is 12.5. The van der Waals surface area contributed by atoms with E-state index in [9.17, 15) is 0 Å². The maximum absolute atomic E-state index is 5.67. The van der Waals surface area contributed by atoms with Crippen molar-refractivity contribution in [2.45, 2.75) is 26.3 Å². The molecule has 1 unspecified atom stereocenters. The number of hydrogen-bond acceptors (Lipinski definition) is 4. The Labute approximate surface area is 185 Å². The zero-order valence-corrected chi connectivity index (χ0v) is 19.4. The van der Waals surface area contributed by atoms with Crippen molar-refractivity contribution in [1.29, 1.82) is 0 Å². The second-order valence-electron chi connectivity index (χ2n) is 6.43. The predicted molar refractivity (Wildman–Crippen MR) is 125 cm³/mol. The lowest BCUT2D eigenvalue weighted by Gasteiger charge is -2.17. The van der Waals surface area contributed by atoms with E-state index < -0.39 is 0 Å². The standard InChI is InChI=1S/C21H30N4O2.HI/c1-16-7-5-8-18(13-16)17(2)14-24-21(22-3)25-15-19-9-6-10-23-20(19)27-12-11-26-4;/h5-10,13,17H,11-12,14-15H2,1-4H3,(H2,22,24,25);1H. The Hall–Kier alpha value is -1.87. The zero-order valence-electron chi connectivity index (χ0n) is 17.1. The number of nitrogens with zero attached hydrogens (tertiary/aromatic N) is 2. The van der Waals surface area contributed by atoms with E-state index in [1.807, 2.05) is 12.1 Å². The Balaban J connectivity index is 0.00000392. The van der Waals surface area contributed by atoms with Gasteiger partial charge in [0.25, 0.3) is 0 Å². The number of aryl methyl sites for hydroxylation is 1. The minimum Gasteiger partial charge on any atom is -0.475 e. The number of methoxy groups -OCH3 is 1. The minimum absolute atomic E-state index is 0. The van der Waals surface area contributed by atoms with Crippen LogP contribution in [-0.4, -0.2) is 44.9 Å². The first-order valence-corrected chi connectivity index (χ1v) is 9.20. The quantitative estimate of drug-likeness (QED) is 0.240. The number of hydrogen-bond donors (Lipinski definition) is 2. The molecule has 2 N–H and O–H groups in total. The first kappa shape index (κ1) is 24.2. The Morgan fingerprint density at radius 2 is 2.00 bits per heavy atom. The zero-order chi connectivity index (χ0) is 19.5. The summed E-state index contributed by atoms with van der Waals surface area (Å²) in [4.78, 5) is 8.60. The van der Waals surface area contributed by atoms with Gasteiger partial charge in [0.1, 0.15) is 6.61 Å². The molecule has 0 fully saturated rings. The molecule has 0 radical (unpaired) electrons. The van der Waals surface area contributed by atoms with Gasteiger partial charge < -0.3 is 20.1 Å². The van der Waals surface area contributed by atoms with Crippen LogP contribution in [0.5, 0.6) is 5.88 Å². The number of aromatic nitrogens is 1. The highest BCUT2D eigenvalue weighted by molar-refractivity contribution is 14.0. The summed E-state index contributed by atoms with van der Waals surface area (Å²) < 4.78 is 10.7. The highest BCUT2D eigenvalue weighted by Gasteiger charge is 2.09. The first-order valence-electron chi connectivity index (χ1n) is 9.20. The van der Waals surface area contributed by atoms with Crippen LogP contribution in [0.3, 0.4) is 0 Å². The Morgan fingerprint density at radius 1 is 1.18 bits per heavy atom. The summed E-state index contributed by atoms with van der Waals surface area (Å²) in [6.45, 7) is 6.70. The smallest absolute Gasteiger partial charge is 0.218 e. The van der Waals surface area contributed by atoms with Crippen LogP contribution in [0.25, 0.3) is 0 Å². The van der Waals surface area contributed by atoms with Crippen LogP contribution in [-0.2, 0) is 11.3 Å². The van der Waals surface area contributed by atoms with Crippen molar-refractivity contribution in [3.05, 3.63) is 59.3 Å². The number of rotatable bonds is 9. The number of guanidine groups is 1. The molecule has 2 rings (SSSR count). The molecule has 0 aliphatic rings. The summed E-state index contributed by atoms with van der Waals surface area (Å²) >= 11 is 0. The van der Waals surface area contributed by atoms with E-state index >= 15 is 0 Å². The average Bonchev–Trinajstić information content (AvgIpc) is 2.69. The van der Waals surface area contributed by atoms with E-state index in [1.54, 1.807) is 20.4 Å².